The van der Waals surface area contributed by atoms with Crippen molar-refractivity contribution in [3.05, 3.63) is 177 Å². The molecule has 0 saturated heterocycles. The largest absolute Gasteiger partial charge is 0.451 e. The fourth-order valence-electron chi connectivity index (χ4n) is 5.42. The second kappa shape index (κ2) is 88.4. The van der Waals surface area contributed by atoms with E-state index < -0.39 is 0 Å². The highest BCUT2D eigenvalue weighted by Crippen LogP contribution is 2.18. The van der Waals surface area contributed by atoms with Crippen molar-refractivity contribution in [3.63, 3.8) is 0 Å². The lowest BCUT2D eigenvalue weighted by molar-refractivity contribution is 0.471. The van der Waals surface area contributed by atoms with Gasteiger partial charge in [0.15, 0.2) is 18.7 Å². The Labute approximate surface area is 627 Å². The van der Waals surface area contributed by atoms with Gasteiger partial charge in [0, 0.05) is 99.8 Å². The van der Waals surface area contributed by atoms with E-state index in [4.69, 9.17) is 13.3 Å². The van der Waals surface area contributed by atoms with Crippen LogP contribution in [0.4, 0.5) is 0 Å². The van der Waals surface area contributed by atoms with Crippen LogP contribution in [0.5, 0.6) is 0 Å². The van der Waals surface area contributed by atoms with Gasteiger partial charge in [-0.3, -0.25) is 10.1 Å². The SMILES string of the molecule is CC.CC.CC.CC.CC.CC.CC.CC.CC.CC.CC(C)c1ccn[nH]1.CC(C)c1cnc[nH]1.CC(C)c1cnc[nH]1.CC(C)c1cnco1.CC(C)c1cncs1.CC(C)c1cocn1.CC(C)c1cscn1.CC(C)c1ncc[nH]1.CC(C)c1ncco1.CC(C)c1nccs1. The highest BCUT2D eigenvalue weighted by molar-refractivity contribution is 7.09. The van der Waals surface area contributed by atoms with Gasteiger partial charge in [-0.25, -0.2) is 39.9 Å². The van der Waals surface area contributed by atoms with Crippen molar-refractivity contribution in [3.8, 4) is 0 Å². The second-order valence-electron chi connectivity index (χ2n) is 20.9. The molecule has 0 spiro atoms. The van der Waals surface area contributed by atoms with Crippen LogP contribution in [0.3, 0.4) is 0 Å². The summed E-state index contributed by atoms with van der Waals surface area (Å²) >= 11 is 5.10. The molecular formula is C80H154N14O3S3. The number of aromatic amines is 4. The van der Waals surface area contributed by atoms with Crippen molar-refractivity contribution in [2.75, 3.05) is 0 Å². The average Bonchev–Trinajstić information content (AvgIpc) is 3.90. The van der Waals surface area contributed by atoms with E-state index >= 15 is 0 Å². The maximum Gasteiger partial charge on any atom is 0.196 e. The first-order chi connectivity index (χ1) is 48.0. The number of hydrogen-bond acceptors (Lipinski definition) is 16. The molecule has 0 saturated carbocycles. The summed E-state index contributed by atoms with van der Waals surface area (Å²) < 4.78 is 14.7. The normalized spacial score (nSPS) is 8.90. The maximum absolute atomic E-state index is 4.98. The summed E-state index contributed by atoms with van der Waals surface area (Å²) in [6.07, 6.45) is 25.8. The Morgan fingerprint density at radius 2 is 0.900 bits per heavy atom. The smallest absolute Gasteiger partial charge is 0.196 e. The van der Waals surface area contributed by atoms with Gasteiger partial charge in [-0.05, 0) is 41.6 Å². The van der Waals surface area contributed by atoms with Gasteiger partial charge in [-0.2, -0.15) is 5.10 Å². The summed E-state index contributed by atoms with van der Waals surface area (Å²) in [4.78, 5) is 46.2. The Bertz CT molecular complexity index is 2080. The second-order valence-corrected chi connectivity index (χ2v) is 23.5. The zero-order chi connectivity index (χ0) is 79.8. The van der Waals surface area contributed by atoms with Gasteiger partial charge in [0.2, 0.25) is 0 Å². The molecule has 0 aromatic carbocycles. The van der Waals surface area contributed by atoms with Crippen molar-refractivity contribution in [1.29, 1.82) is 0 Å². The molecule has 10 aromatic heterocycles. The van der Waals surface area contributed by atoms with E-state index in [2.05, 4.69) is 200 Å². The molecule has 10 rings (SSSR count). The van der Waals surface area contributed by atoms with Crippen LogP contribution in [0.2, 0.25) is 0 Å². The Kier molecular flexibility index (Phi) is 101. The van der Waals surface area contributed by atoms with Crippen molar-refractivity contribution in [2.45, 2.75) is 336 Å². The topological polar surface area (TPSA) is 231 Å². The van der Waals surface area contributed by atoms with E-state index in [-0.39, 0.29) is 0 Å². The molecule has 10 aromatic rings. The first-order valence-corrected chi connectivity index (χ1v) is 40.0. The summed E-state index contributed by atoms with van der Waals surface area (Å²) in [7, 11) is 0. The minimum Gasteiger partial charge on any atom is -0.451 e. The molecule has 0 atom stereocenters. The van der Waals surface area contributed by atoms with Crippen molar-refractivity contribution in [1.82, 2.24) is 70.0 Å². The van der Waals surface area contributed by atoms with Crippen LogP contribution in [-0.4, -0.2) is 70.0 Å². The minimum atomic E-state index is 0.407. The van der Waals surface area contributed by atoms with E-state index in [1.165, 1.54) is 45.4 Å². The molecular weight excluding hydrogens is 1300 g/mol. The molecule has 0 amide bonds. The molecule has 580 valence electrons. The highest BCUT2D eigenvalue weighted by atomic mass is 32.1. The number of nitrogens with zero attached hydrogens (tertiary/aromatic N) is 10. The molecule has 0 aliphatic heterocycles. The molecule has 20 heteroatoms. The van der Waals surface area contributed by atoms with E-state index in [1.807, 2.05) is 206 Å². The lowest BCUT2D eigenvalue weighted by Crippen LogP contribution is -1.87. The van der Waals surface area contributed by atoms with E-state index in [0.717, 1.165) is 23.2 Å². The van der Waals surface area contributed by atoms with Crippen LogP contribution in [0.25, 0.3) is 0 Å². The van der Waals surface area contributed by atoms with Crippen LogP contribution in [0.15, 0.2) is 135 Å². The molecule has 4 N–H and O–H groups in total. The van der Waals surface area contributed by atoms with Crippen molar-refractivity contribution >= 4 is 34.0 Å². The number of oxazole rings is 3. The Morgan fingerprint density at radius 1 is 0.380 bits per heavy atom. The molecule has 0 aliphatic rings. The summed E-state index contributed by atoms with van der Waals surface area (Å²) in [5.74, 6) is 8.20. The average molecular weight is 1460 g/mol. The number of rotatable bonds is 10. The maximum atomic E-state index is 4.98. The van der Waals surface area contributed by atoms with Gasteiger partial charge in [0.05, 0.1) is 52.5 Å². The van der Waals surface area contributed by atoms with Crippen LogP contribution in [0, 0.1) is 0 Å². The van der Waals surface area contributed by atoms with Gasteiger partial charge < -0.3 is 28.2 Å². The van der Waals surface area contributed by atoms with E-state index in [0.29, 0.717) is 59.2 Å². The number of aromatic nitrogens is 14. The Hall–Kier alpha value is -6.64. The Balaban J connectivity index is -0.000000109. The fraction of sp³-hybridized carbons (Fsp3) is 0.625. The number of H-pyrrole nitrogens is 4. The summed E-state index contributed by atoms with van der Waals surface area (Å²) in [6, 6.07) is 1.99. The zero-order valence-corrected chi connectivity index (χ0v) is 73.7. The molecule has 0 bridgehead atoms. The predicted molar refractivity (Wildman–Crippen MR) is 445 cm³/mol. The minimum absolute atomic E-state index is 0.407. The number of imidazole rings is 3. The summed E-state index contributed by atoms with van der Waals surface area (Å²) in [5, 5.41) is 12.0. The first-order valence-electron chi connectivity index (χ1n) is 37.3. The fourth-order valence-corrected chi connectivity index (χ4v) is 7.43. The van der Waals surface area contributed by atoms with Gasteiger partial charge in [-0.15, -0.1) is 34.0 Å². The van der Waals surface area contributed by atoms with Crippen LogP contribution < -0.4 is 0 Å². The van der Waals surface area contributed by atoms with E-state index in [9.17, 15) is 0 Å². The molecule has 100 heavy (non-hydrogen) atoms. The lowest BCUT2D eigenvalue weighted by Gasteiger charge is -1.95. The highest BCUT2D eigenvalue weighted by Gasteiger charge is 2.04. The van der Waals surface area contributed by atoms with Crippen molar-refractivity contribution in [2.24, 2.45) is 0 Å². The monoisotopic (exact) mass is 1460 g/mol. The third-order valence-electron chi connectivity index (χ3n) is 10.5. The van der Waals surface area contributed by atoms with Gasteiger partial charge in [0.1, 0.15) is 24.1 Å². The van der Waals surface area contributed by atoms with Crippen molar-refractivity contribution < 1.29 is 13.3 Å². The van der Waals surface area contributed by atoms with Crippen LogP contribution in [0.1, 0.15) is 392 Å². The number of nitrogens with one attached hydrogen (secondary N) is 4. The lowest BCUT2D eigenvalue weighted by atomic mass is 10.1. The molecule has 0 fully saturated rings. The van der Waals surface area contributed by atoms with Gasteiger partial charge >= 0.3 is 0 Å². The van der Waals surface area contributed by atoms with Crippen LogP contribution >= 0.6 is 34.0 Å². The zero-order valence-electron chi connectivity index (χ0n) is 71.2. The first kappa shape index (κ1) is 115. The molecule has 10 heterocycles. The Morgan fingerprint density at radius 3 is 1.08 bits per heavy atom. The third-order valence-corrected chi connectivity index (χ3v) is 13.3. The quantitative estimate of drug-likeness (QED) is 0.0999. The molecule has 0 aliphatic carbocycles. The molecule has 0 unspecified atom stereocenters. The van der Waals surface area contributed by atoms with Gasteiger partial charge in [-0.1, -0.05) is 277 Å². The van der Waals surface area contributed by atoms with E-state index in [1.54, 1.807) is 84.0 Å². The third kappa shape index (κ3) is 69.8. The number of thiazole rings is 3. The standard InChI is InChI=1S/4C6H10N2.3C6H9NO.3C6H9NS.10C2H6/c2*1-5(2)6-3-7-4-8-6;1-5(2)6-7-3-4-8-6;1-5(2)6-3-4-7-8-6;1-5(2)6-3-8-4-7-6;1-5(2)6-3-7-4-8-6;1-5(2)6-7-3-4-8-6;1-5(2)6-3-8-4-7-6;1-5(2)6-3-7-4-8-6;1-5(2)6-7-3-4-8-6;10*1-2/h4*3-5H,1-2H3,(H,7,8);6*3-5H,1-2H3;10*1-2H3. The predicted octanol–water partition coefficient (Wildman–Crippen LogP) is 28.6. The van der Waals surface area contributed by atoms with Crippen LogP contribution in [-0.2, 0) is 0 Å². The number of hydrogen-bond donors (Lipinski definition) is 4. The summed E-state index contributed by atoms with van der Waals surface area (Å²) in [6.45, 7) is 82.4. The molecule has 0 radical (unpaired) electrons. The molecule has 17 nitrogen and oxygen atoms in total. The summed E-state index contributed by atoms with van der Waals surface area (Å²) in [5.41, 5.74) is 9.56. The van der Waals surface area contributed by atoms with Gasteiger partial charge in [0.25, 0.3) is 0 Å².